The number of anilines is 1. The van der Waals surface area contributed by atoms with Gasteiger partial charge in [0.1, 0.15) is 0 Å². The summed E-state index contributed by atoms with van der Waals surface area (Å²) in [4.78, 5) is 0. The Kier molecular flexibility index (Phi) is 18.7. The van der Waals surface area contributed by atoms with E-state index in [4.69, 9.17) is 4.74 Å². The Hall–Kier alpha value is -0.540. The lowest BCUT2D eigenvalue weighted by Crippen LogP contribution is -2.04. The van der Waals surface area contributed by atoms with Gasteiger partial charge in [0, 0.05) is 29.9 Å². The molecule has 0 aliphatic heterocycles. The van der Waals surface area contributed by atoms with E-state index in [0.29, 0.717) is 0 Å². The summed E-state index contributed by atoms with van der Waals surface area (Å²) in [7, 11) is 0. The Bertz CT molecular complexity index is 506. The average Bonchev–Trinajstić information content (AvgIpc) is 2.74. The summed E-state index contributed by atoms with van der Waals surface area (Å²) in [6, 6.07) is 6.61. The monoisotopic (exact) mass is 481 g/mol. The molecule has 0 atom stereocenters. The van der Waals surface area contributed by atoms with Crippen molar-refractivity contribution in [1.29, 1.82) is 0 Å². The number of nitrogens with one attached hydrogen (secondary N) is 1. The molecule has 0 aliphatic rings. The number of benzene rings is 1. The zero-order valence-electron chi connectivity index (χ0n) is 20.0. The minimum absolute atomic E-state index is 0.969. The molecule has 0 fully saturated rings. The van der Waals surface area contributed by atoms with Crippen LogP contribution < -0.4 is 5.32 Å². The molecule has 0 radical (unpaired) electrons. The summed E-state index contributed by atoms with van der Waals surface area (Å²) in [6.07, 6.45) is 21.2. The van der Waals surface area contributed by atoms with Crippen molar-refractivity contribution < 1.29 is 4.74 Å². The normalized spacial score (nSPS) is 11.2. The van der Waals surface area contributed by atoms with Crippen LogP contribution in [0.25, 0.3) is 0 Å². The highest BCUT2D eigenvalue weighted by atomic mass is 79.9. The van der Waals surface area contributed by atoms with Crippen LogP contribution in [-0.2, 0) is 11.2 Å². The fourth-order valence-electron chi connectivity index (χ4n) is 3.91. The van der Waals surface area contributed by atoms with Crippen LogP contribution in [0.2, 0.25) is 0 Å². The largest absolute Gasteiger partial charge is 0.385 e. The van der Waals surface area contributed by atoms with Crippen molar-refractivity contribution in [3.05, 3.63) is 28.2 Å². The highest BCUT2D eigenvalue weighted by Crippen LogP contribution is 2.22. The Morgan fingerprint density at radius 3 is 1.87 bits per heavy atom. The fourth-order valence-corrected chi connectivity index (χ4v) is 4.32. The lowest BCUT2D eigenvalue weighted by molar-refractivity contribution is 0.125. The first-order chi connectivity index (χ1) is 14.8. The molecule has 0 aliphatic carbocycles. The van der Waals surface area contributed by atoms with E-state index >= 15 is 0 Å². The molecule has 0 saturated heterocycles. The number of rotatable bonds is 21. The van der Waals surface area contributed by atoms with Gasteiger partial charge in [-0.15, -0.1) is 0 Å². The lowest BCUT2D eigenvalue weighted by Gasteiger charge is -2.12. The first-order valence-corrected chi connectivity index (χ1v) is 13.7. The third-order valence-corrected chi connectivity index (χ3v) is 6.25. The van der Waals surface area contributed by atoms with Gasteiger partial charge < -0.3 is 10.1 Å². The van der Waals surface area contributed by atoms with Crippen molar-refractivity contribution in [1.82, 2.24) is 0 Å². The molecule has 0 amide bonds. The third kappa shape index (κ3) is 15.3. The second-order valence-corrected chi connectivity index (χ2v) is 9.60. The predicted octanol–water partition coefficient (Wildman–Crippen LogP) is 9.31. The third-order valence-electron chi connectivity index (χ3n) is 5.76. The van der Waals surface area contributed by atoms with Crippen LogP contribution in [0.1, 0.15) is 116 Å². The predicted molar refractivity (Wildman–Crippen MR) is 138 cm³/mol. The van der Waals surface area contributed by atoms with Gasteiger partial charge in [0.05, 0.1) is 0 Å². The molecule has 0 spiro atoms. The quantitative estimate of drug-likeness (QED) is 0.176. The second kappa shape index (κ2) is 20.4. The molecule has 0 saturated carbocycles. The van der Waals surface area contributed by atoms with Crippen LogP contribution >= 0.6 is 15.9 Å². The highest BCUT2D eigenvalue weighted by molar-refractivity contribution is 9.10. The first kappa shape index (κ1) is 27.5. The van der Waals surface area contributed by atoms with Crippen LogP contribution in [0.5, 0.6) is 0 Å². The van der Waals surface area contributed by atoms with Crippen LogP contribution in [0.15, 0.2) is 22.7 Å². The van der Waals surface area contributed by atoms with Gasteiger partial charge in [0.15, 0.2) is 0 Å². The first-order valence-electron chi connectivity index (χ1n) is 12.9. The van der Waals surface area contributed by atoms with Crippen LogP contribution in [0.4, 0.5) is 5.69 Å². The van der Waals surface area contributed by atoms with E-state index < -0.39 is 0 Å². The maximum atomic E-state index is 5.77. The van der Waals surface area contributed by atoms with Crippen molar-refractivity contribution in [2.45, 2.75) is 117 Å². The Balaban J connectivity index is 1.84. The summed E-state index contributed by atoms with van der Waals surface area (Å²) < 4.78 is 6.95. The minimum Gasteiger partial charge on any atom is -0.385 e. The molecular weight excluding hydrogens is 434 g/mol. The van der Waals surface area contributed by atoms with Crippen LogP contribution in [0.3, 0.4) is 0 Å². The van der Waals surface area contributed by atoms with Gasteiger partial charge in [-0.1, -0.05) is 107 Å². The number of aryl methyl sites for hydroxylation is 1. The van der Waals surface area contributed by atoms with Gasteiger partial charge in [-0.25, -0.2) is 0 Å². The van der Waals surface area contributed by atoms with E-state index in [9.17, 15) is 0 Å². The fraction of sp³-hybridized carbons (Fsp3) is 0.778. The average molecular weight is 483 g/mol. The molecule has 0 unspecified atom stereocenters. The minimum atomic E-state index is 0.969. The zero-order valence-corrected chi connectivity index (χ0v) is 21.5. The summed E-state index contributed by atoms with van der Waals surface area (Å²) in [5.41, 5.74) is 2.75. The maximum Gasteiger partial charge on any atom is 0.0466 e. The Morgan fingerprint density at radius 1 is 0.700 bits per heavy atom. The number of ether oxygens (including phenoxy) is 1. The van der Waals surface area contributed by atoms with Crippen LogP contribution in [0, 0.1) is 0 Å². The van der Waals surface area contributed by atoms with Crippen molar-refractivity contribution in [3.63, 3.8) is 0 Å². The molecular formula is C27H48BrNO. The van der Waals surface area contributed by atoms with Gasteiger partial charge in [0.2, 0.25) is 0 Å². The summed E-state index contributed by atoms with van der Waals surface area (Å²) in [5, 5.41) is 3.64. The smallest absolute Gasteiger partial charge is 0.0466 e. The topological polar surface area (TPSA) is 21.3 Å². The summed E-state index contributed by atoms with van der Waals surface area (Å²) in [5.74, 6) is 0. The van der Waals surface area contributed by atoms with E-state index in [0.717, 1.165) is 26.2 Å². The summed E-state index contributed by atoms with van der Waals surface area (Å²) in [6.45, 7) is 7.55. The van der Waals surface area contributed by atoms with Crippen molar-refractivity contribution in [3.8, 4) is 0 Å². The SMILES string of the molecule is CCCCCCCCOCCCCCCCCCCNc1ccc(Br)cc1CCC. The lowest BCUT2D eigenvalue weighted by atomic mass is 10.1. The Morgan fingerprint density at radius 2 is 1.27 bits per heavy atom. The van der Waals surface area contributed by atoms with Gasteiger partial charge in [-0.2, -0.15) is 0 Å². The van der Waals surface area contributed by atoms with E-state index in [-0.39, 0.29) is 0 Å². The van der Waals surface area contributed by atoms with Gasteiger partial charge in [-0.3, -0.25) is 0 Å². The molecule has 0 bridgehead atoms. The van der Waals surface area contributed by atoms with Gasteiger partial charge in [0.25, 0.3) is 0 Å². The molecule has 1 aromatic carbocycles. The van der Waals surface area contributed by atoms with Crippen molar-refractivity contribution in [2.75, 3.05) is 25.1 Å². The molecule has 2 nitrogen and oxygen atoms in total. The van der Waals surface area contributed by atoms with Crippen molar-refractivity contribution in [2.24, 2.45) is 0 Å². The maximum absolute atomic E-state index is 5.77. The molecule has 3 heteroatoms. The molecule has 1 N–H and O–H groups in total. The molecule has 0 aromatic heterocycles. The zero-order chi connectivity index (χ0) is 21.7. The molecule has 174 valence electrons. The van der Waals surface area contributed by atoms with E-state index in [1.807, 2.05) is 0 Å². The van der Waals surface area contributed by atoms with Crippen molar-refractivity contribution >= 4 is 21.6 Å². The van der Waals surface area contributed by atoms with Crippen LogP contribution in [-0.4, -0.2) is 19.8 Å². The molecule has 0 heterocycles. The Labute approximate surface area is 196 Å². The van der Waals surface area contributed by atoms with E-state index in [1.165, 1.54) is 112 Å². The number of hydrogen-bond acceptors (Lipinski definition) is 2. The number of halogens is 1. The standard InChI is InChI=1S/C27H48BrNO/c1-3-5-6-7-13-16-22-30-23-17-14-11-9-8-10-12-15-21-29-27-20-19-26(28)24-25(27)18-4-2/h19-20,24,29H,3-18,21-23H2,1-2H3. The van der Waals surface area contributed by atoms with Gasteiger partial charge >= 0.3 is 0 Å². The second-order valence-electron chi connectivity index (χ2n) is 8.69. The van der Waals surface area contributed by atoms with Gasteiger partial charge in [-0.05, 0) is 49.4 Å². The molecule has 30 heavy (non-hydrogen) atoms. The van der Waals surface area contributed by atoms with E-state index in [1.54, 1.807) is 0 Å². The molecule has 1 rings (SSSR count). The van der Waals surface area contributed by atoms with E-state index in [2.05, 4.69) is 53.3 Å². The number of hydrogen-bond donors (Lipinski definition) is 1. The summed E-state index contributed by atoms with van der Waals surface area (Å²) >= 11 is 3.59. The molecule has 1 aromatic rings. The highest BCUT2D eigenvalue weighted by Gasteiger charge is 2.02. The number of unbranched alkanes of at least 4 members (excludes halogenated alkanes) is 12.